The van der Waals surface area contributed by atoms with Crippen LogP contribution in [0.4, 0.5) is 4.39 Å². The Morgan fingerprint density at radius 2 is 1.73 bits per heavy atom. The Morgan fingerprint density at radius 1 is 1.03 bits per heavy atom. The van der Waals surface area contributed by atoms with Gasteiger partial charge >= 0.3 is 0 Å². The maximum absolute atomic E-state index is 13.6. The van der Waals surface area contributed by atoms with E-state index in [9.17, 15) is 12.8 Å². The molecule has 1 rings (SSSR count). The van der Waals surface area contributed by atoms with Gasteiger partial charge in [0, 0.05) is 39.6 Å². The van der Waals surface area contributed by atoms with Crippen LogP contribution in [0.15, 0.2) is 23.2 Å². The van der Waals surface area contributed by atoms with Gasteiger partial charge in [-0.05, 0) is 36.1 Å². The lowest BCUT2D eigenvalue weighted by molar-refractivity contribution is 0.128. The van der Waals surface area contributed by atoms with Crippen LogP contribution in [0.3, 0.4) is 0 Å². The van der Waals surface area contributed by atoms with Gasteiger partial charge in [0.2, 0.25) is 0 Å². The number of nitrogens with one attached hydrogen (secondary N) is 2. The number of aliphatic imine (C=N–C) groups is 1. The lowest BCUT2D eigenvalue weighted by Crippen LogP contribution is -2.37. The zero-order valence-corrected chi connectivity index (χ0v) is 19.5. The van der Waals surface area contributed by atoms with E-state index in [0.29, 0.717) is 30.2 Å². The van der Waals surface area contributed by atoms with Crippen LogP contribution in [-0.4, -0.2) is 47.4 Å². The second-order valence-corrected chi connectivity index (χ2v) is 9.71. The largest absolute Gasteiger partial charge is 0.381 e. The van der Waals surface area contributed by atoms with Gasteiger partial charge in [0.25, 0.3) is 0 Å². The second kappa shape index (κ2) is 15.2. The molecule has 0 saturated heterocycles. The molecule has 0 unspecified atom stereocenters. The molecule has 0 amide bonds. The van der Waals surface area contributed by atoms with Crippen LogP contribution in [0.5, 0.6) is 0 Å². The summed E-state index contributed by atoms with van der Waals surface area (Å²) in [6, 6.07) is 4.16. The Bertz CT molecular complexity index is 739. The molecule has 0 aromatic heterocycles. The topological polar surface area (TPSA) is 79.8 Å². The molecule has 30 heavy (non-hydrogen) atoms. The molecule has 0 saturated carbocycles. The van der Waals surface area contributed by atoms with Crippen molar-refractivity contribution >= 4 is 15.8 Å². The lowest BCUT2D eigenvalue weighted by atomic mass is 10.1. The normalized spacial score (nSPS) is 12.2. The molecule has 6 nitrogen and oxygen atoms in total. The molecule has 0 bridgehead atoms. The summed E-state index contributed by atoms with van der Waals surface area (Å²) < 4.78 is 42.5. The average Bonchev–Trinajstić information content (AvgIpc) is 2.69. The molecule has 172 valence electrons. The third-order valence-corrected chi connectivity index (χ3v) is 5.49. The summed E-state index contributed by atoms with van der Waals surface area (Å²) in [5.74, 6) is 0.0710. The first kappa shape index (κ1) is 26.4. The van der Waals surface area contributed by atoms with Crippen molar-refractivity contribution < 1.29 is 17.5 Å². The van der Waals surface area contributed by atoms with Crippen LogP contribution in [0.25, 0.3) is 0 Å². The fourth-order valence-electron chi connectivity index (χ4n) is 3.05. The van der Waals surface area contributed by atoms with E-state index in [1.54, 1.807) is 7.05 Å². The van der Waals surface area contributed by atoms with E-state index in [2.05, 4.69) is 22.5 Å². The summed E-state index contributed by atoms with van der Waals surface area (Å²) in [5.41, 5.74) is 1.19. The van der Waals surface area contributed by atoms with Crippen molar-refractivity contribution in [3.63, 3.8) is 0 Å². The Balaban J connectivity index is 2.27. The van der Waals surface area contributed by atoms with Gasteiger partial charge in [-0.1, -0.05) is 45.1 Å². The molecule has 0 heterocycles. The minimum Gasteiger partial charge on any atom is -0.381 e. The van der Waals surface area contributed by atoms with Gasteiger partial charge in [-0.25, -0.2) is 12.8 Å². The number of unbranched alkanes of at least 4 members (excludes halogenated alkanes) is 5. The molecule has 0 aliphatic carbocycles. The monoisotopic (exact) mass is 443 g/mol. The highest BCUT2D eigenvalue weighted by molar-refractivity contribution is 7.89. The first-order chi connectivity index (χ1) is 14.4. The van der Waals surface area contributed by atoms with Crippen LogP contribution < -0.4 is 10.6 Å². The molecule has 0 atom stereocenters. The molecule has 0 aliphatic heterocycles. The molecule has 8 heteroatoms. The maximum atomic E-state index is 13.6. The van der Waals surface area contributed by atoms with Crippen molar-refractivity contribution in [2.75, 3.05) is 33.1 Å². The van der Waals surface area contributed by atoms with E-state index in [4.69, 9.17) is 4.74 Å². The van der Waals surface area contributed by atoms with Gasteiger partial charge in [-0.3, -0.25) is 4.99 Å². The zero-order valence-electron chi connectivity index (χ0n) is 18.7. The van der Waals surface area contributed by atoms with E-state index in [1.165, 1.54) is 56.6 Å². The third kappa shape index (κ3) is 12.8. The van der Waals surface area contributed by atoms with Gasteiger partial charge in [0.15, 0.2) is 15.8 Å². The number of nitrogens with zero attached hydrogens (tertiary/aromatic N) is 1. The van der Waals surface area contributed by atoms with E-state index in [1.807, 2.05) is 0 Å². The van der Waals surface area contributed by atoms with Gasteiger partial charge in [-0.15, -0.1) is 0 Å². The fourth-order valence-corrected chi connectivity index (χ4v) is 3.90. The quantitative estimate of drug-likeness (QED) is 0.245. The highest BCUT2D eigenvalue weighted by Crippen LogP contribution is 2.14. The summed E-state index contributed by atoms with van der Waals surface area (Å²) in [4.78, 5) is 4.15. The van der Waals surface area contributed by atoms with Gasteiger partial charge in [0.05, 0.1) is 5.75 Å². The van der Waals surface area contributed by atoms with Crippen molar-refractivity contribution in [3.05, 3.63) is 35.1 Å². The highest BCUT2D eigenvalue weighted by atomic mass is 32.2. The molecule has 1 aromatic rings. The first-order valence-electron chi connectivity index (χ1n) is 10.8. The van der Waals surface area contributed by atoms with Crippen molar-refractivity contribution in [2.24, 2.45) is 4.99 Å². The number of guanidine groups is 1. The molecule has 0 aliphatic rings. The van der Waals surface area contributed by atoms with Gasteiger partial charge in [0.1, 0.15) is 5.82 Å². The Morgan fingerprint density at radius 3 is 2.43 bits per heavy atom. The summed E-state index contributed by atoms with van der Waals surface area (Å²) in [7, 11) is -1.54. The highest BCUT2D eigenvalue weighted by Gasteiger charge is 2.11. The molecule has 0 radical (unpaired) electrons. The van der Waals surface area contributed by atoms with Crippen LogP contribution >= 0.6 is 0 Å². The standard InChI is InChI=1S/C22H38FN3O3S/c1-4-5-6-7-8-9-14-29-15-10-13-25-22(24-2)26-17-20-16-21(23)12-11-19(20)18-30(3,27)28/h11-12,16H,4-10,13-15,17-18H2,1-3H3,(H2,24,25,26). The SMILES string of the molecule is CCCCCCCCOCCCNC(=NC)NCc1cc(F)ccc1CS(C)(=O)=O. The Kier molecular flexibility index (Phi) is 13.3. The summed E-state index contributed by atoms with van der Waals surface area (Å²) >= 11 is 0. The van der Waals surface area contributed by atoms with E-state index in [0.717, 1.165) is 19.4 Å². The first-order valence-corrected chi connectivity index (χ1v) is 12.9. The molecule has 0 spiro atoms. The number of hydrogen-bond donors (Lipinski definition) is 2. The number of hydrogen-bond acceptors (Lipinski definition) is 4. The van der Waals surface area contributed by atoms with Crippen LogP contribution in [0.1, 0.15) is 63.0 Å². The molecule has 1 aromatic carbocycles. The Hall–Kier alpha value is -1.67. The summed E-state index contributed by atoms with van der Waals surface area (Å²) in [6.45, 7) is 4.72. The van der Waals surface area contributed by atoms with Crippen molar-refractivity contribution in [1.29, 1.82) is 0 Å². The molecular weight excluding hydrogens is 405 g/mol. The maximum Gasteiger partial charge on any atom is 0.191 e. The zero-order chi connectivity index (χ0) is 22.2. The lowest BCUT2D eigenvalue weighted by Gasteiger charge is -2.14. The van der Waals surface area contributed by atoms with Crippen molar-refractivity contribution in [1.82, 2.24) is 10.6 Å². The number of rotatable bonds is 15. The minimum absolute atomic E-state index is 0.119. The minimum atomic E-state index is -3.20. The number of ether oxygens (including phenoxy) is 1. The summed E-state index contributed by atoms with van der Waals surface area (Å²) in [6.07, 6.45) is 9.57. The average molecular weight is 444 g/mol. The predicted molar refractivity (Wildman–Crippen MR) is 122 cm³/mol. The van der Waals surface area contributed by atoms with E-state index in [-0.39, 0.29) is 12.3 Å². The van der Waals surface area contributed by atoms with E-state index < -0.39 is 15.7 Å². The van der Waals surface area contributed by atoms with Crippen LogP contribution in [0.2, 0.25) is 0 Å². The van der Waals surface area contributed by atoms with Gasteiger partial charge in [-0.2, -0.15) is 0 Å². The summed E-state index contributed by atoms with van der Waals surface area (Å²) in [5, 5.41) is 6.31. The fraction of sp³-hybridized carbons (Fsp3) is 0.682. The smallest absolute Gasteiger partial charge is 0.191 e. The van der Waals surface area contributed by atoms with Gasteiger partial charge < -0.3 is 15.4 Å². The van der Waals surface area contributed by atoms with Crippen LogP contribution in [-0.2, 0) is 26.9 Å². The predicted octanol–water partition coefficient (Wildman–Crippen LogP) is 3.80. The van der Waals surface area contributed by atoms with Crippen LogP contribution in [0, 0.1) is 5.82 Å². The second-order valence-electron chi connectivity index (χ2n) is 7.57. The van der Waals surface area contributed by atoms with E-state index >= 15 is 0 Å². The van der Waals surface area contributed by atoms with Crippen molar-refractivity contribution in [2.45, 2.75) is 64.2 Å². The molecule has 0 fully saturated rings. The molecule has 2 N–H and O–H groups in total. The number of sulfone groups is 1. The third-order valence-electron chi connectivity index (χ3n) is 4.66. The molecular formula is C22H38FN3O3S. The number of benzene rings is 1. The van der Waals surface area contributed by atoms with Crippen molar-refractivity contribution in [3.8, 4) is 0 Å². The number of halogens is 1. The Labute approximate surface area is 181 Å².